The number of amides is 1. The van der Waals surface area contributed by atoms with Crippen LogP contribution in [0.15, 0.2) is 48.5 Å². The van der Waals surface area contributed by atoms with Crippen LogP contribution in [0, 0.1) is 0 Å². The van der Waals surface area contributed by atoms with Gasteiger partial charge in [0.2, 0.25) is 0 Å². The molecule has 0 aliphatic rings. The van der Waals surface area contributed by atoms with Gasteiger partial charge in [-0.3, -0.25) is 0 Å². The Morgan fingerprint density at radius 3 is 2.61 bits per heavy atom. The molecule has 1 amide bonds. The number of carbonyl (C=O) groups is 1. The lowest BCUT2D eigenvalue weighted by Crippen LogP contribution is -2.28. The van der Waals surface area contributed by atoms with Gasteiger partial charge in [-0.2, -0.15) is 0 Å². The number of benzene rings is 2. The average molecular weight is 315 g/mol. The second kappa shape index (κ2) is 8.68. The SMILES string of the molecule is CCOc1ccccc1OC(=O)NCCc1cccc(OC)c1. The van der Waals surface area contributed by atoms with E-state index in [9.17, 15) is 4.79 Å². The van der Waals surface area contributed by atoms with E-state index in [1.807, 2.05) is 37.3 Å². The molecule has 2 aromatic rings. The standard InChI is InChI=1S/C18H21NO4/c1-3-22-16-9-4-5-10-17(16)23-18(20)19-12-11-14-7-6-8-15(13-14)21-2/h4-10,13H,3,11-12H2,1-2H3,(H,19,20). The average Bonchev–Trinajstić information content (AvgIpc) is 2.57. The molecular weight excluding hydrogens is 294 g/mol. The Kier molecular flexibility index (Phi) is 6.29. The molecule has 0 spiro atoms. The van der Waals surface area contributed by atoms with Crippen molar-refractivity contribution in [2.45, 2.75) is 13.3 Å². The Bertz CT molecular complexity index is 642. The maximum absolute atomic E-state index is 11.9. The van der Waals surface area contributed by atoms with Gasteiger partial charge in [0.15, 0.2) is 11.5 Å². The summed E-state index contributed by atoms with van der Waals surface area (Å²) >= 11 is 0. The van der Waals surface area contributed by atoms with Crippen LogP contribution < -0.4 is 19.5 Å². The maximum atomic E-state index is 11.9. The molecule has 0 saturated heterocycles. The van der Waals surface area contributed by atoms with Crippen LogP contribution in [0.25, 0.3) is 0 Å². The highest BCUT2D eigenvalue weighted by atomic mass is 16.6. The molecule has 0 radical (unpaired) electrons. The second-order valence-corrected chi connectivity index (χ2v) is 4.80. The molecule has 0 aliphatic carbocycles. The minimum Gasteiger partial charge on any atom is -0.497 e. The first-order valence-corrected chi connectivity index (χ1v) is 7.53. The van der Waals surface area contributed by atoms with Crippen molar-refractivity contribution in [3.05, 3.63) is 54.1 Å². The lowest BCUT2D eigenvalue weighted by atomic mass is 10.1. The Hall–Kier alpha value is -2.69. The number of methoxy groups -OCH3 is 1. The number of hydrogen-bond acceptors (Lipinski definition) is 4. The highest BCUT2D eigenvalue weighted by molar-refractivity contribution is 5.71. The number of hydrogen-bond donors (Lipinski definition) is 1. The molecule has 0 bridgehead atoms. The van der Waals surface area contributed by atoms with Gasteiger partial charge < -0.3 is 19.5 Å². The summed E-state index contributed by atoms with van der Waals surface area (Å²) < 4.78 is 15.9. The summed E-state index contributed by atoms with van der Waals surface area (Å²) in [4.78, 5) is 11.9. The van der Waals surface area contributed by atoms with Crippen LogP contribution in [0.2, 0.25) is 0 Å². The van der Waals surface area contributed by atoms with Crippen LogP contribution in [-0.4, -0.2) is 26.4 Å². The van der Waals surface area contributed by atoms with E-state index in [1.54, 1.807) is 25.3 Å². The normalized spacial score (nSPS) is 10.0. The zero-order chi connectivity index (χ0) is 16.5. The van der Waals surface area contributed by atoms with E-state index in [0.717, 1.165) is 11.3 Å². The number of carbonyl (C=O) groups excluding carboxylic acids is 1. The Morgan fingerprint density at radius 1 is 1.09 bits per heavy atom. The maximum Gasteiger partial charge on any atom is 0.412 e. The molecule has 0 saturated carbocycles. The van der Waals surface area contributed by atoms with Crippen LogP contribution in [0.3, 0.4) is 0 Å². The summed E-state index contributed by atoms with van der Waals surface area (Å²) in [5.41, 5.74) is 1.08. The van der Waals surface area contributed by atoms with Crippen molar-refractivity contribution >= 4 is 6.09 Å². The first kappa shape index (κ1) is 16.7. The minimum atomic E-state index is -0.500. The van der Waals surface area contributed by atoms with Crippen LogP contribution in [-0.2, 0) is 6.42 Å². The molecule has 0 atom stereocenters. The van der Waals surface area contributed by atoms with Gasteiger partial charge in [0, 0.05) is 6.54 Å². The van der Waals surface area contributed by atoms with Crippen molar-refractivity contribution < 1.29 is 19.0 Å². The predicted molar refractivity (Wildman–Crippen MR) is 88.3 cm³/mol. The van der Waals surface area contributed by atoms with Gasteiger partial charge in [-0.05, 0) is 43.2 Å². The Balaban J connectivity index is 1.83. The molecule has 0 fully saturated rings. The summed E-state index contributed by atoms with van der Waals surface area (Å²) in [5, 5.41) is 2.73. The van der Waals surface area contributed by atoms with Crippen LogP contribution in [0.4, 0.5) is 4.79 Å². The molecule has 0 aliphatic heterocycles. The fourth-order valence-corrected chi connectivity index (χ4v) is 2.08. The fraction of sp³-hybridized carbons (Fsp3) is 0.278. The fourth-order valence-electron chi connectivity index (χ4n) is 2.08. The highest BCUT2D eigenvalue weighted by Crippen LogP contribution is 2.26. The van der Waals surface area contributed by atoms with Gasteiger partial charge in [0.25, 0.3) is 0 Å². The monoisotopic (exact) mass is 315 g/mol. The molecule has 122 valence electrons. The van der Waals surface area contributed by atoms with Gasteiger partial charge >= 0.3 is 6.09 Å². The molecular formula is C18H21NO4. The topological polar surface area (TPSA) is 56.8 Å². The highest BCUT2D eigenvalue weighted by Gasteiger charge is 2.09. The molecule has 0 heterocycles. The van der Waals surface area contributed by atoms with Gasteiger partial charge in [-0.25, -0.2) is 4.79 Å². The summed E-state index contributed by atoms with van der Waals surface area (Å²) in [6, 6.07) is 14.8. The molecule has 1 N–H and O–H groups in total. The lowest BCUT2D eigenvalue weighted by molar-refractivity contribution is 0.197. The van der Waals surface area contributed by atoms with Crippen molar-refractivity contribution in [3.8, 4) is 17.2 Å². The Morgan fingerprint density at radius 2 is 1.87 bits per heavy atom. The lowest BCUT2D eigenvalue weighted by Gasteiger charge is -2.11. The molecule has 0 unspecified atom stereocenters. The number of ether oxygens (including phenoxy) is 3. The van der Waals surface area contributed by atoms with E-state index < -0.39 is 6.09 Å². The van der Waals surface area contributed by atoms with Crippen LogP contribution in [0.5, 0.6) is 17.2 Å². The number of para-hydroxylation sites is 2. The molecule has 5 heteroatoms. The van der Waals surface area contributed by atoms with Crippen LogP contribution in [0.1, 0.15) is 12.5 Å². The molecule has 2 rings (SSSR count). The molecule has 23 heavy (non-hydrogen) atoms. The van der Waals surface area contributed by atoms with Gasteiger partial charge in [0.05, 0.1) is 13.7 Å². The van der Waals surface area contributed by atoms with E-state index in [-0.39, 0.29) is 0 Å². The summed E-state index contributed by atoms with van der Waals surface area (Å²) in [7, 11) is 1.63. The van der Waals surface area contributed by atoms with E-state index in [2.05, 4.69) is 5.32 Å². The van der Waals surface area contributed by atoms with E-state index >= 15 is 0 Å². The summed E-state index contributed by atoms with van der Waals surface area (Å²) in [6.45, 7) is 2.87. The first-order chi connectivity index (χ1) is 11.2. The summed E-state index contributed by atoms with van der Waals surface area (Å²) in [6.07, 6.45) is 0.194. The third kappa shape index (κ3) is 5.21. The number of rotatable bonds is 7. The smallest absolute Gasteiger partial charge is 0.412 e. The van der Waals surface area contributed by atoms with Crippen molar-refractivity contribution in [1.29, 1.82) is 0 Å². The Labute approximate surface area is 136 Å². The van der Waals surface area contributed by atoms with Crippen LogP contribution >= 0.6 is 0 Å². The van der Waals surface area contributed by atoms with E-state index in [0.29, 0.717) is 31.1 Å². The third-order valence-electron chi connectivity index (χ3n) is 3.17. The van der Waals surface area contributed by atoms with Crippen molar-refractivity contribution in [2.75, 3.05) is 20.3 Å². The molecule has 2 aromatic carbocycles. The first-order valence-electron chi connectivity index (χ1n) is 7.53. The zero-order valence-electron chi connectivity index (χ0n) is 13.4. The van der Waals surface area contributed by atoms with E-state index in [1.165, 1.54) is 0 Å². The number of nitrogens with one attached hydrogen (secondary N) is 1. The minimum absolute atomic E-state index is 0.410. The van der Waals surface area contributed by atoms with Gasteiger partial charge in [-0.1, -0.05) is 24.3 Å². The van der Waals surface area contributed by atoms with Crippen molar-refractivity contribution in [1.82, 2.24) is 5.32 Å². The zero-order valence-corrected chi connectivity index (χ0v) is 13.4. The summed E-state index contributed by atoms with van der Waals surface area (Å²) in [5.74, 6) is 1.77. The predicted octanol–water partition coefficient (Wildman–Crippen LogP) is 3.43. The quantitative estimate of drug-likeness (QED) is 0.850. The third-order valence-corrected chi connectivity index (χ3v) is 3.17. The van der Waals surface area contributed by atoms with Gasteiger partial charge in [-0.15, -0.1) is 0 Å². The van der Waals surface area contributed by atoms with Gasteiger partial charge in [0.1, 0.15) is 5.75 Å². The second-order valence-electron chi connectivity index (χ2n) is 4.80. The van der Waals surface area contributed by atoms with Crippen molar-refractivity contribution in [3.63, 3.8) is 0 Å². The van der Waals surface area contributed by atoms with E-state index in [4.69, 9.17) is 14.2 Å². The largest absolute Gasteiger partial charge is 0.497 e. The van der Waals surface area contributed by atoms with Crippen molar-refractivity contribution in [2.24, 2.45) is 0 Å². The molecule has 0 aromatic heterocycles. The molecule has 5 nitrogen and oxygen atoms in total.